The largest absolute Gasteiger partial charge is 0.462 e. The summed E-state index contributed by atoms with van der Waals surface area (Å²) in [4.78, 5) is 37.9. The topological polar surface area (TPSA) is 88.1 Å². The molecule has 4 aliphatic heterocycles. The quantitative estimate of drug-likeness (QED) is 0.468. The predicted octanol–water partition coefficient (Wildman–Crippen LogP) is 1.57. The fourth-order valence-electron chi connectivity index (χ4n) is 8.07. The molecule has 7 heteroatoms. The highest BCUT2D eigenvalue weighted by atomic mass is 16.7. The molecule has 27 heavy (non-hydrogen) atoms. The average molecular weight is 376 g/mol. The van der Waals surface area contributed by atoms with Crippen LogP contribution in [0.3, 0.4) is 0 Å². The van der Waals surface area contributed by atoms with Crippen molar-refractivity contribution in [3.05, 3.63) is 0 Å². The van der Waals surface area contributed by atoms with Crippen molar-refractivity contribution < 1.29 is 33.3 Å². The molecule has 5 unspecified atom stereocenters. The molecule has 146 valence electrons. The number of carbonyl (C=O) groups excluding carboxylic acids is 3. The van der Waals surface area contributed by atoms with Crippen LogP contribution in [-0.4, -0.2) is 42.0 Å². The van der Waals surface area contributed by atoms with Gasteiger partial charge in [-0.1, -0.05) is 27.7 Å². The highest BCUT2D eigenvalue weighted by Crippen LogP contribution is 2.84. The summed E-state index contributed by atoms with van der Waals surface area (Å²) >= 11 is 0. The molecule has 7 nitrogen and oxygen atoms in total. The highest BCUT2D eigenvalue weighted by molar-refractivity contribution is 5.90. The Morgan fingerprint density at radius 1 is 1.07 bits per heavy atom. The van der Waals surface area contributed by atoms with Gasteiger partial charge in [0.2, 0.25) is 6.29 Å². The lowest BCUT2D eigenvalue weighted by molar-refractivity contribution is -0.206. The minimum atomic E-state index is -1.25. The molecule has 2 spiro atoms. The summed E-state index contributed by atoms with van der Waals surface area (Å²) in [6.07, 6.45) is -0.0219. The molecule has 0 aromatic heterocycles. The summed E-state index contributed by atoms with van der Waals surface area (Å²) in [6.45, 7) is 8.27. The van der Waals surface area contributed by atoms with E-state index in [0.29, 0.717) is 12.8 Å². The monoisotopic (exact) mass is 376 g/mol. The zero-order valence-corrected chi connectivity index (χ0v) is 15.9. The number of ether oxygens (including phenoxy) is 4. The Bertz CT molecular complexity index is 814. The van der Waals surface area contributed by atoms with Crippen LogP contribution in [0.2, 0.25) is 0 Å². The van der Waals surface area contributed by atoms with Crippen molar-refractivity contribution in [2.24, 2.45) is 34.0 Å². The molecule has 6 rings (SSSR count). The normalized spacial score (nSPS) is 57.1. The van der Waals surface area contributed by atoms with Gasteiger partial charge in [-0.15, -0.1) is 0 Å². The Morgan fingerprint density at radius 3 is 2.52 bits per heavy atom. The van der Waals surface area contributed by atoms with E-state index >= 15 is 0 Å². The van der Waals surface area contributed by atoms with E-state index in [1.54, 1.807) is 6.92 Å². The Labute approximate surface area is 157 Å². The summed E-state index contributed by atoms with van der Waals surface area (Å²) in [5.41, 5.74) is -2.65. The van der Waals surface area contributed by atoms with Crippen molar-refractivity contribution in [2.45, 2.75) is 71.1 Å². The average Bonchev–Trinajstić information content (AvgIpc) is 3.26. The third kappa shape index (κ3) is 1.34. The number of hydrogen-bond acceptors (Lipinski definition) is 7. The minimum absolute atomic E-state index is 0.103. The van der Waals surface area contributed by atoms with Crippen LogP contribution < -0.4 is 0 Å². The third-order valence-electron chi connectivity index (χ3n) is 8.67. The number of rotatable bonds is 0. The van der Waals surface area contributed by atoms with Crippen LogP contribution in [0.25, 0.3) is 0 Å². The standard InChI is InChI=1S/C20H24O7/c1-8-13-9(24-14(8)22)6-19-11-5-10(17(2,3)4)18(19)7-12(21)26-16(18)27-20(13,19)15(23)25-11/h8-11,13,16H,5-7H2,1-4H3/t8-,9?,10-,11?,13-,16-,18?,19?,20?/m0/s1. The van der Waals surface area contributed by atoms with Gasteiger partial charge in [0.25, 0.3) is 0 Å². The highest BCUT2D eigenvalue weighted by Gasteiger charge is 2.95. The second kappa shape index (κ2) is 4.19. The molecule has 0 bridgehead atoms. The molecular weight excluding hydrogens is 352 g/mol. The molecule has 4 saturated heterocycles. The maximum Gasteiger partial charge on any atom is 0.340 e. The van der Waals surface area contributed by atoms with E-state index in [0.717, 1.165) is 0 Å². The van der Waals surface area contributed by atoms with E-state index in [-0.39, 0.29) is 47.8 Å². The molecule has 6 aliphatic rings. The number of hydrogen-bond donors (Lipinski definition) is 0. The van der Waals surface area contributed by atoms with Crippen molar-refractivity contribution in [3.63, 3.8) is 0 Å². The number of carbonyl (C=O) groups is 3. The Morgan fingerprint density at radius 2 is 1.81 bits per heavy atom. The van der Waals surface area contributed by atoms with E-state index in [1.165, 1.54) is 0 Å². The first-order valence-corrected chi connectivity index (χ1v) is 9.88. The fraction of sp³-hybridized carbons (Fsp3) is 0.850. The maximum absolute atomic E-state index is 13.2. The van der Waals surface area contributed by atoms with Crippen molar-refractivity contribution >= 4 is 17.9 Å². The zero-order chi connectivity index (χ0) is 19.1. The molecule has 6 fully saturated rings. The first kappa shape index (κ1) is 16.3. The summed E-state index contributed by atoms with van der Waals surface area (Å²) < 4.78 is 23.7. The SMILES string of the molecule is C[C@@H]1C(=O)OC2CC34C5C[C@@H](C(C)(C)C)C36CC(=O)O[C@H]6OC4(C(=O)O5)[C@H]21. The van der Waals surface area contributed by atoms with Crippen LogP contribution in [0.4, 0.5) is 0 Å². The second-order valence-corrected chi connectivity index (χ2v) is 10.4. The lowest BCUT2D eigenvalue weighted by atomic mass is 9.53. The Kier molecular flexibility index (Phi) is 2.53. The van der Waals surface area contributed by atoms with Crippen LogP contribution in [0.1, 0.15) is 47.0 Å². The summed E-state index contributed by atoms with van der Waals surface area (Å²) in [7, 11) is 0. The van der Waals surface area contributed by atoms with Crippen LogP contribution in [0, 0.1) is 34.0 Å². The van der Waals surface area contributed by atoms with Gasteiger partial charge in [0.05, 0.1) is 23.2 Å². The van der Waals surface area contributed by atoms with Gasteiger partial charge in [-0.05, 0) is 24.2 Å². The van der Waals surface area contributed by atoms with Crippen molar-refractivity contribution in [2.75, 3.05) is 0 Å². The molecule has 2 aliphatic carbocycles. The van der Waals surface area contributed by atoms with Gasteiger partial charge in [0.1, 0.15) is 12.2 Å². The first-order valence-electron chi connectivity index (χ1n) is 9.88. The summed E-state index contributed by atoms with van der Waals surface area (Å²) in [6, 6.07) is 0. The summed E-state index contributed by atoms with van der Waals surface area (Å²) in [5, 5.41) is 0. The maximum atomic E-state index is 13.2. The van der Waals surface area contributed by atoms with Crippen LogP contribution >= 0.6 is 0 Å². The molecule has 4 heterocycles. The van der Waals surface area contributed by atoms with Gasteiger partial charge in [0.15, 0.2) is 5.60 Å². The zero-order valence-electron chi connectivity index (χ0n) is 15.9. The van der Waals surface area contributed by atoms with Crippen LogP contribution in [-0.2, 0) is 33.3 Å². The minimum Gasteiger partial charge on any atom is -0.462 e. The molecule has 0 aromatic carbocycles. The van der Waals surface area contributed by atoms with Gasteiger partial charge < -0.3 is 18.9 Å². The smallest absolute Gasteiger partial charge is 0.340 e. The van der Waals surface area contributed by atoms with Crippen molar-refractivity contribution in [3.8, 4) is 0 Å². The van der Waals surface area contributed by atoms with E-state index in [1.807, 2.05) is 0 Å². The summed E-state index contributed by atoms with van der Waals surface area (Å²) in [5.74, 6) is -1.70. The second-order valence-electron chi connectivity index (χ2n) is 10.4. The number of esters is 3. The van der Waals surface area contributed by atoms with Crippen molar-refractivity contribution in [1.82, 2.24) is 0 Å². The lowest BCUT2D eigenvalue weighted by Crippen LogP contribution is -2.55. The van der Waals surface area contributed by atoms with Crippen LogP contribution in [0.5, 0.6) is 0 Å². The van der Waals surface area contributed by atoms with E-state index in [9.17, 15) is 14.4 Å². The predicted molar refractivity (Wildman–Crippen MR) is 87.8 cm³/mol. The Hall–Kier alpha value is -1.63. The molecule has 0 N–H and O–H groups in total. The van der Waals surface area contributed by atoms with Gasteiger partial charge in [-0.2, -0.15) is 0 Å². The van der Waals surface area contributed by atoms with Crippen molar-refractivity contribution in [1.29, 1.82) is 0 Å². The van der Waals surface area contributed by atoms with Gasteiger partial charge in [-0.25, -0.2) is 4.79 Å². The number of fused-ring (bicyclic) bond motifs is 1. The first-order chi connectivity index (χ1) is 12.6. The fourth-order valence-corrected chi connectivity index (χ4v) is 8.07. The molecule has 9 atom stereocenters. The van der Waals surface area contributed by atoms with E-state index in [4.69, 9.17) is 18.9 Å². The Balaban J connectivity index is 1.63. The third-order valence-corrected chi connectivity index (χ3v) is 8.67. The molecule has 0 radical (unpaired) electrons. The van der Waals surface area contributed by atoms with Gasteiger partial charge in [0, 0.05) is 5.92 Å². The van der Waals surface area contributed by atoms with Gasteiger partial charge >= 0.3 is 17.9 Å². The lowest BCUT2D eigenvalue weighted by Gasteiger charge is -2.44. The molecule has 0 aromatic rings. The molecule has 0 amide bonds. The van der Waals surface area contributed by atoms with E-state index < -0.39 is 34.6 Å². The van der Waals surface area contributed by atoms with Gasteiger partial charge in [-0.3, -0.25) is 9.59 Å². The van der Waals surface area contributed by atoms with Crippen LogP contribution in [0.15, 0.2) is 0 Å². The van der Waals surface area contributed by atoms with E-state index in [2.05, 4.69) is 20.8 Å². The molecular formula is C20H24O7. The molecule has 2 saturated carbocycles.